The summed E-state index contributed by atoms with van der Waals surface area (Å²) in [7, 11) is 0. The summed E-state index contributed by atoms with van der Waals surface area (Å²) in [6, 6.07) is 30.9. The van der Waals surface area contributed by atoms with Crippen LogP contribution >= 0.6 is 0 Å². The van der Waals surface area contributed by atoms with Gasteiger partial charge in [0.05, 0.1) is 32.0 Å². The smallest absolute Gasteiger partial charge is 0.410 e. The Morgan fingerprint density at radius 1 is 0.705 bits per heavy atom. The molecule has 0 spiro atoms. The maximum Gasteiger partial charge on any atom is 0.410 e. The predicted octanol–water partition coefficient (Wildman–Crippen LogP) is 6.71. The molecule has 3 aromatic rings. The molecule has 0 bridgehead atoms. The SMILES string of the molecule is CC(C)(C)OC(=O)N1CCC[C@@H](CN2C[C@H](OCc3ccccc3)C(OCc3ccccc3)[C@@H](OCc3ccccc3)C2)C1. The highest BCUT2D eigenvalue weighted by Gasteiger charge is 2.40. The monoisotopic (exact) mass is 600 g/mol. The Morgan fingerprint density at radius 3 is 1.66 bits per heavy atom. The molecule has 7 nitrogen and oxygen atoms in total. The van der Waals surface area contributed by atoms with Crippen LogP contribution in [-0.2, 0) is 38.8 Å². The van der Waals surface area contributed by atoms with E-state index in [1.54, 1.807) is 0 Å². The molecule has 0 N–H and O–H groups in total. The third-order valence-corrected chi connectivity index (χ3v) is 8.20. The van der Waals surface area contributed by atoms with Gasteiger partial charge in [-0.3, -0.25) is 4.90 Å². The minimum absolute atomic E-state index is 0.181. The Bertz CT molecular complexity index is 1210. The third kappa shape index (κ3) is 9.89. The van der Waals surface area contributed by atoms with E-state index in [1.165, 1.54) is 0 Å². The summed E-state index contributed by atoms with van der Waals surface area (Å²) >= 11 is 0. The second-order valence-corrected chi connectivity index (χ2v) is 13.1. The van der Waals surface area contributed by atoms with Crippen molar-refractivity contribution in [3.8, 4) is 0 Å². The lowest BCUT2D eigenvalue weighted by Crippen LogP contribution is -2.59. The summed E-state index contributed by atoms with van der Waals surface area (Å²) in [6.07, 6.45) is 1.24. The van der Waals surface area contributed by atoms with Gasteiger partial charge < -0.3 is 23.8 Å². The number of hydrogen-bond donors (Lipinski definition) is 0. The summed E-state index contributed by atoms with van der Waals surface area (Å²) in [4.78, 5) is 17.2. The van der Waals surface area contributed by atoms with Crippen LogP contribution in [0.3, 0.4) is 0 Å². The lowest BCUT2D eigenvalue weighted by molar-refractivity contribution is -0.186. The van der Waals surface area contributed by atoms with E-state index in [0.717, 1.165) is 55.7 Å². The molecule has 2 heterocycles. The standard InChI is InChI=1S/C37H48N2O5/c1-37(2,3)44-36(40)39-21-13-20-32(23-39)22-38-24-33(41-26-29-14-7-4-8-15-29)35(43-28-31-18-11-6-12-19-31)34(25-38)42-27-30-16-9-5-10-17-30/h4-12,14-19,32-35H,13,20-28H2,1-3H3/t32-,33-,34-/m0/s1. The van der Waals surface area contributed by atoms with E-state index in [9.17, 15) is 4.79 Å². The van der Waals surface area contributed by atoms with Crippen LogP contribution in [0.5, 0.6) is 0 Å². The molecule has 2 aliphatic rings. The Kier molecular flexibility index (Phi) is 11.5. The van der Waals surface area contributed by atoms with Crippen molar-refractivity contribution < 1.29 is 23.7 Å². The molecule has 0 saturated carbocycles. The molecular formula is C37H48N2O5. The predicted molar refractivity (Wildman–Crippen MR) is 172 cm³/mol. The highest BCUT2D eigenvalue weighted by atomic mass is 16.6. The number of likely N-dealkylation sites (tertiary alicyclic amines) is 2. The Hall–Kier alpha value is -3.23. The second-order valence-electron chi connectivity index (χ2n) is 13.1. The molecule has 44 heavy (non-hydrogen) atoms. The normalized spacial score (nSPS) is 21.7. The fourth-order valence-electron chi connectivity index (χ4n) is 6.08. The highest BCUT2D eigenvalue weighted by Crippen LogP contribution is 2.27. The first kappa shape index (κ1) is 32.2. The van der Waals surface area contributed by atoms with Crippen molar-refractivity contribution in [1.29, 1.82) is 0 Å². The maximum absolute atomic E-state index is 12.9. The molecule has 2 fully saturated rings. The average Bonchev–Trinajstić information content (AvgIpc) is 3.03. The van der Waals surface area contributed by atoms with E-state index in [4.69, 9.17) is 18.9 Å². The zero-order valence-electron chi connectivity index (χ0n) is 26.5. The summed E-state index contributed by atoms with van der Waals surface area (Å²) < 4.78 is 25.7. The van der Waals surface area contributed by atoms with E-state index in [0.29, 0.717) is 32.3 Å². The van der Waals surface area contributed by atoms with E-state index >= 15 is 0 Å². The number of nitrogens with zero attached hydrogens (tertiary/aromatic N) is 2. The van der Waals surface area contributed by atoms with Gasteiger partial charge >= 0.3 is 6.09 Å². The number of ether oxygens (including phenoxy) is 4. The van der Waals surface area contributed by atoms with Gasteiger partial charge in [-0.05, 0) is 56.2 Å². The average molecular weight is 601 g/mol. The molecule has 2 saturated heterocycles. The minimum atomic E-state index is -0.502. The molecule has 3 aromatic carbocycles. The van der Waals surface area contributed by atoms with Crippen molar-refractivity contribution in [2.75, 3.05) is 32.7 Å². The van der Waals surface area contributed by atoms with Crippen molar-refractivity contribution in [3.05, 3.63) is 108 Å². The first-order valence-electron chi connectivity index (χ1n) is 16.0. The van der Waals surface area contributed by atoms with Gasteiger partial charge in [0.25, 0.3) is 0 Å². The molecule has 0 unspecified atom stereocenters. The van der Waals surface area contributed by atoms with Crippen molar-refractivity contribution in [2.24, 2.45) is 5.92 Å². The molecule has 1 amide bonds. The molecule has 0 aliphatic carbocycles. The van der Waals surface area contributed by atoms with Gasteiger partial charge in [-0.15, -0.1) is 0 Å². The molecular weight excluding hydrogens is 552 g/mol. The van der Waals surface area contributed by atoms with Gasteiger partial charge in [0.1, 0.15) is 11.7 Å². The lowest BCUT2D eigenvalue weighted by Gasteiger charge is -2.45. The molecule has 0 radical (unpaired) electrons. The second kappa shape index (κ2) is 15.7. The van der Waals surface area contributed by atoms with Crippen LogP contribution in [0.2, 0.25) is 0 Å². The molecule has 236 valence electrons. The first-order valence-corrected chi connectivity index (χ1v) is 16.0. The van der Waals surface area contributed by atoms with Crippen LogP contribution < -0.4 is 0 Å². The summed E-state index contributed by atoms with van der Waals surface area (Å²) in [5.41, 5.74) is 2.89. The van der Waals surface area contributed by atoms with Gasteiger partial charge in [-0.2, -0.15) is 0 Å². The number of amides is 1. The van der Waals surface area contributed by atoms with Crippen LogP contribution in [0.25, 0.3) is 0 Å². The Labute approximate surface area is 263 Å². The number of piperidine rings is 2. The zero-order chi connectivity index (χ0) is 30.8. The van der Waals surface area contributed by atoms with Crippen LogP contribution in [0.15, 0.2) is 91.0 Å². The van der Waals surface area contributed by atoms with E-state index < -0.39 is 5.60 Å². The van der Waals surface area contributed by atoms with Crippen LogP contribution in [0, 0.1) is 5.92 Å². The van der Waals surface area contributed by atoms with Crippen LogP contribution in [0.1, 0.15) is 50.3 Å². The van der Waals surface area contributed by atoms with Crippen LogP contribution in [0.4, 0.5) is 4.79 Å². The third-order valence-electron chi connectivity index (χ3n) is 8.20. The number of carbonyl (C=O) groups excluding carboxylic acids is 1. The minimum Gasteiger partial charge on any atom is -0.444 e. The zero-order valence-corrected chi connectivity index (χ0v) is 26.5. The summed E-state index contributed by atoms with van der Waals surface area (Å²) in [5, 5.41) is 0. The molecule has 0 aromatic heterocycles. The number of hydrogen-bond acceptors (Lipinski definition) is 6. The Morgan fingerprint density at radius 2 is 1.18 bits per heavy atom. The van der Waals surface area contributed by atoms with Crippen LogP contribution in [-0.4, -0.2) is 72.5 Å². The topological polar surface area (TPSA) is 60.5 Å². The van der Waals surface area contributed by atoms with Crippen molar-refractivity contribution >= 4 is 6.09 Å². The van der Waals surface area contributed by atoms with E-state index in [1.807, 2.05) is 80.3 Å². The largest absolute Gasteiger partial charge is 0.444 e. The fraction of sp³-hybridized carbons (Fsp3) is 0.486. The lowest BCUT2D eigenvalue weighted by atomic mass is 9.94. The molecule has 3 atom stereocenters. The summed E-state index contributed by atoms with van der Waals surface area (Å²) in [5.74, 6) is 0.350. The molecule has 7 heteroatoms. The Balaban J connectivity index is 1.31. The molecule has 2 aliphatic heterocycles. The van der Waals surface area contributed by atoms with Gasteiger partial charge in [-0.1, -0.05) is 91.0 Å². The number of benzene rings is 3. The summed E-state index contributed by atoms with van der Waals surface area (Å²) in [6.45, 7) is 11.0. The van der Waals surface area contributed by atoms with Crippen molar-refractivity contribution in [3.63, 3.8) is 0 Å². The van der Waals surface area contributed by atoms with E-state index in [2.05, 4.69) is 41.3 Å². The first-order chi connectivity index (χ1) is 21.3. The van der Waals surface area contributed by atoms with Gasteiger partial charge in [-0.25, -0.2) is 4.79 Å². The molecule has 5 rings (SSSR count). The van der Waals surface area contributed by atoms with E-state index in [-0.39, 0.29) is 24.4 Å². The van der Waals surface area contributed by atoms with Crippen molar-refractivity contribution in [1.82, 2.24) is 9.80 Å². The van der Waals surface area contributed by atoms with Gasteiger partial charge in [0.2, 0.25) is 0 Å². The number of carbonyl (C=O) groups is 1. The quantitative estimate of drug-likeness (QED) is 0.244. The fourth-order valence-corrected chi connectivity index (χ4v) is 6.08. The maximum atomic E-state index is 12.9. The highest BCUT2D eigenvalue weighted by molar-refractivity contribution is 5.68. The van der Waals surface area contributed by atoms with Crippen molar-refractivity contribution in [2.45, 2.75) is 77.3 Å². The number of rotatable bonds is 11. The van der Waals surface area contributed by atoms with Gasteiger partial charge in [0, 0.05) is 32.7 Å². The van der Waals surface area contributed by atoms with Gasteiger partial charge in [0.15, 0.2) is 0 Å².